The Bertz CT molecular complexity index is 555. The molecule has 0 bridgehead atoms. The molecule has 0 aromatic carbocycles. The van der Waals surface area contributed by atoms with Gasteiger partial charge in [0.15, 0.2) is 4.67 Å². The van der Waals surface area contributed by atoms with Crippen LogP contribution in [0.4, 0.5) is 5.95 Å². The van der Waals surface area contributed by atoms with Gasteiger partial charge in [-0.3, -0.25) is 0 Å². The number of halogens is 1. The second-order valence-electron chi connectivity index (χ2n) is 4.27. The summed E-state index contributed by atoms with van der Waals surface area (Å²) in [6.45, 7) is 4.76. The van der Waals surface area contributed by atoms with Crippen LogP contribution in [-0.2, 0) is 19.4 Å². The van der Waals surface area contributed by atoms with Gasteiger partial charge in [-0.1, -0.05) is 13.8 Å². The molecular weight excluding hydrogens is 308 g/mol. The van der Waals surface area contributed by atoms with E-state index in [4.69, 9.17) is 4.42 Å². The Labute approximate surface area is 121 Å². The maximum Gasteiger partial charge on any atom is 0.245 e. The molecule has 0 atom stereocenters. The van der Waals surface area contributed by atoms with E-state index >= 15 is 0 Å². The number of aromatic nitrogens is 3. The third kappa shape index (κ3) is 3.32. The summed E-state index contributed by atoms with van der Waals surface area (Å²) >= 11 is 3.29. The molecule has 0 aliphatic heterocycles. The van der Waals surface area contributed by atoms with Crippen LogP contribution in [-0.4, -0.2) is 22.2 Å². The molecule has 6 heteroatoms. The largest absolute Gasteiger partial charge is 0.452 e. The lowest BCUT2D eigenvalue weighted by Gasteiger charge is -2.16. The number of rotatable bonds is 5. The number of nitrogens with zero attached hydrogens (tertiary/aromatic N) is 4. The van der Waals surface area contributed by atoms with Crippen molar-refractivity contribution >= 4 is 21.9 Å². The number of hydrogen-bond donors (Lipinski definition) is 0. The SMILES string of the molecule is CCc1nnc(N(C)Cc2ccc(Br)o2)nc1CC. The van der Waals surface area contributed by atoms with E-state index in [1.807, 2.05) is 24.1 Å². The molecule has 0 amide bonds. The first-order chi connectivity index (χ1) is 9.13. The minimum Gasteiger partial charge on any atom is -0.452 e. The minimum atomic E-state index is 0.613. The summed E-state index contributed by atoms with van der Waals surface area (Å²) < 4.78 is 6.20. The standard InChI is InChI=1S/C13H17BrN4O/c1-4-10-11(5-2)16-17-13(15-10)18(3)8-9-6-7-12(14)19-9/h6-7H,4-5,8H2,1-3H3. The third-order valence-corrected chi connectivity index (χ3v) is 3.29. The molecule has 2 heterocycles. The monoisotopic (exact) mass is 324 g/mol. The normalized spacial score (nSPS) is 10.7. The van der Waals surface area contributed by atoms with Crippen molar-refractivity contribution in [1.29, 1.82) is 0 Å². The van der Waals surface area contributed by atoms with Crippen molar-refractivity contribution in [2.75, 3.05) is 11.9 Å². The predicted molar refractivity (Wildman–Crippen MR) is 77.1 cm³/mol. The molecule has 0 fully saturated rings. The van der Waals surface area contributed by atoms with Crippen LogP contribution in [0, 0.1) is 0 Å². The van der Waals surface area contributed by atoms with Crippen molar-refractivity contribution in [3.05, 3.63) is 34.0 Å². The topological polar surface area (TPSA) is 55.1 Å². The van der Waals surface area contributed by atoms with Crippen LogP contribution < -0.4 is 4.90 Å². The molecule has 19 heavy (non-hydrogen) atoms. The molecule has 0 saturated heterocycles. The fourth-order valence-corrected chi connectivity index (χ4v) is 2.17. The van der Waals surface area contributed by atoms with E-state index in [2.05, 4.69) is 45.0 Å². The summed E-state index contributed by atoms with van der Waals surface area (Å²) in [5, 5.41) is 8.41. The summed E-state index contributed by atoms with van der Waals surface area (Å²) in [7, 11) is 1.93. The van der Waals surface area contributed by atoms with Crippen molar-refractivity contribution in [3.63, 3.8) is 0 Å². The smallest absolute Gasteiger partial charge is 0.245 e. The van der Waals surface area contributed by atoms with Crippen molar-refractivity contribution in [3.8, 4) is 0 Å². The van der Waals surface area contributed by atoms with Crippen LogP contribution in [0.2, 0.25) is 0 Å². The van der Waals surface area contributed by atoms with Gasteiger partial charge in [0.2, 0.25) is 5.95 Å². The Hall–Kier alpha value is -1.43. The van der Waals surface area contributed by atoms with Gasteiger partial charge in [0, 0.05) is 7.05 Å². The molecule has 0 saturated carbocycles. The number of anilines is 1. The van der Waals surface area contributed by atoms with E-state index in [1.54, 1.807) is 0 Å². The van der Waals surface area contributed by atoms with Crippen LogP contribution >= 0.6 is 15.9 Å². The summed E-state index contributed by atoms with van der Waals surface area (Å²) in [5.41, 5.74) is 1.99. The zero-order chi connectivity index (χ0) is 13.8. The Balaban J connectivity index is 2.16. The van der Waals surface area contributed by atoms with E-state index in [0.29, 0.717) is 12.5 Å². The molecule has 102 valence electrons. The first-order valence-corrected chi connectivity index (χ1v) is 7.11. The molecule has 0 spiro atoms. The van der Waals surface area contributed by atoms with Crippen LogP contribution in [0.25, 0.3) is 0 Å². The summed E-state index contributed by atoms with van der Waals surface area (Å²) in [4.78, 5) is 6.49. The molecule has 2 rings (SSSR count). The number of hydrogen-bond acceptors (Lipinski definition) is 5. The fourth-order valence-electron chi connectivity index (χ4n) is 1.83. The Kier molecular flexibility index (Phi) is 4.52. The lowest BCUT2D eigenvalue weighted by atomic mass is 10.2. The average molecular weight is 325 g/mol. The van der Waals surface area contributed by atoms with Crippen LogP contribution in [0.1, 0.15) is 31.0 Å². The van der Waals surface area contributed by atoms with Crippen molar-refractivity contribution in [1.82, 2.24) is 15.2 Å². The highest BCUT2D eigenvalue weighted by Crippen LogP contribution is 2.17. The third-order valence-electron chi connectivity index (χ3n) is 2.86. The highest BCUT2D eigenvalue weighted by molar-refractivity contribution is 9.10. The van der Waals surface area contributed by atoms with E-state index in [-0.39, 0.29) is 0 Å². The average Bonchev–Trinajstić information content (AvgIpc) is 2.83. The lowest BCUT2D eigenvalue weighted by molar-refractivity contribution is 0.484. The Morgan fingerprint density at radius 2 is 1.89 bits per heavy atom. The van der Waals surface area contributed by atoms with E-state index in [1.165, 1.54) is 0 Å². The van der Waals surface area contributed by atoms with Gasteiger partial charge < -0.3 is 9.32 Å². The van der Waals surface area contributed by atoms with Crippen molar-refractivity contribution in [2.45, 2.75) is 33.2 Å². The zero-order valence-corrected chi connectivity index (χ0v) is 12.9. The van der Waals surface area contributed by atoms with Gasteiger partial charge in [0.05, 0.1) is 17.9 Å². The predicted octanol–water partition coefficient (Wildman–Crippen LogP) is 2.99. The Morgan fingerprint density at radius 1 is 1.16 bits per heavy atom. The lowest BCUT2D eigenvalue weighted by Crippen LogP contribution is -2.20. The molecule has 0 aliphatic carbocycles. The van der Waals surface area contributed by atoms with E-state index in [0.717, 1.165) is 34.7 Å². The first kappa shape index (κ1) is 14.0. The van der Waals surface area contributed by atoms with Gasteiger partial charge in [0.1, 0.15) is 5.76 Å². The van der Waals surface area contributed by atoms with Gasteiger partial charge >= 0.3 is 0 Å². The number of aryl methyl sites for hydroxylation is 2. The highest BCUT2D eigenvalue weighted by Gasteiger charge is 2.11. The molecule has 0 radical (unpaired) electrons. The van der Waals surface area contributed by atoms with Crippen molar-refractivity contribution < 1.29 is 4.42 Å². The maximum atomic E-state index is 5.48. The first-order valence-electron chi connectivity index (χ1n) is 6.31. The fraction of sp³-hybridized carbons (Fsp3) is 0.462. The molecule has 2 aromatic heterocycles. The van der Waals surface area contributed by atoms with Gasteiger partial charge in [0.25, 0.3) is 0 Å². The van der Waals surface area contributed by atoms with Crippen molar-refractivity contribution in [2.24, 2.45) is 0 Å². The summed E-state index contributed by atoms with van der Waals surface area (Å²) in [6.07, 6.45) is 1.73. The molecule has 0 unspecified atom stereocenters. The molecule has 0 N–H and O–H groups in total. The summed E-state index contributed by atoms with van der Waals surface area (Å²) in [6, 6.07) is 3.80. The summed E-state index contributed by atoms with van der Waals surface area (Å²) in [5.74, 6) is 1.48. The maximum absolute atomic E-state index is 5.48. The van der Waals surface area contributed by atoms with Gasteiger partial charge in [-0.15, -0.1) is 5.10 Å². The molecule has 2 aromatic rings. The van der Waals surface area contributed by atoms with Gasteiger partial charge in [-0.25, -0.2) is 4.98 Å². The van der Waals surface area contributed by atoms with Crippen LogP contribution in [0.15, 0.2) is 21.2 Å². The Morgan fingerprint density at radius 3 is 2.47 bits per heavy atom. The van der Waals surface area contributed by atoms with E-state index < -0.39 is 0 Å². The van der Waals surface area contributed by atoms with Gasteiger partial charge in [-0.05, 0) is 40.9 Å². The minimum absolute atomic E-state index is 0.613. The second kappa shape index (κ2) is 6.14. The number of furan rings is 1. The zero-order valence-electron chi connectivity index (χ0n) is 11.4. The second-order valence-corrected chi connectivity index (χ2v) is 5.06. The van der Waals surface area contributed by atoms with Crippen LogP contribution in [0.5, 0.6) is 0 Å². The van der Waals surface area contributed by atoms with Gasteiger partial charge in [-0.2, -0.15) is 5.10 Å². The molecular formula is C13H17BrN4O. The van der Waals surface area contributed by atoms with E-state index in [9.17, 15) is 0 Å². The van der Waals surface area contributed by atoms with Crippen LogP contribution in [0.3, 0.4) is 0 Å². The molecule has 0 aliphatic rings. The molecule has 5 nitrogen and oxygen atoms in total. The quantitative estimate of drug-likeness (QED) is 0.846. The highest BCUT2D eigenvalue weighted by atomic mass is 79.9.